The van der Waals surface area contributed by atoms with Crippen LogP contribution in [0.5, 0.6) is 0 Å². The molecule has 3 N–H and O–H groups in total. The van der Waals surface area contributed by atoms with E-state index in [1.54, 1.807) is 49.9 Å². The summed E-state index contributed by atoms with van der Waals surface area (Å²) in [6, 6.07) is 8.15. The maximum absolute atomic E-state index is 15.0. The van der Waals surface area contributed by atoms with Crippen molar-refractivity contribution in [2.75, 3.05) is 18.4 Å². The molecule has 2 aromatic carbocycles. The van der Waals surface area contributed by atoms with Crippen molar-refractivity contribution >= 4 is 58.0 Å². The number of ether oxygens (including phenoxy) is 1. The number of anilines is 1. The monoisotopic (exact) mass is 664 g/mol. The highest BCUT2D eigenvalue weighted by atomic mass is 35.5. The Labute approximate surface area is 274 Å². The van der Waals surface area contributed by atoms with E-state index in [9.17, 15) is 19.2 Å². The number of carbonyl (C=O) groups is 4. The zero-order valence-corrected chi connectivity index (χ0v) is 26.8. The third-order valence-corrected chi connectivity index (χ3v) is 7.63. The van der Waals surface area contributed by atoms with Crippen LogP contribution in [0.15, 0.2) is 48.8 Å². The molecule has 0 saturated carbocycles. The number of nitrogens with zero attached hydrogens (tertiary/aromatic N) is 5. The van der Waals surface area contributed by atoms with Gasteiger partial charge in [0.15, 0.2) is 5.82 Å². The van der Waals surface area contributed by atoms with Crippen molar-refractivity contribution in [3.05, 3.63) is 70.9 Å². The normalized spacial score (nSPS) is 14.3. The highest BCUT2D eigenvalue weighted by molar-refractivity contribution is 6.31. The van der Waals surface area contributed by atoms with E-state index in [2.05, 4.69) is 31.1 Å². The first-order valence-corrected chi connectivity index (χ1v) is 15.4. The lowest BCUT2D eigenvalue weighted by Gasteiger charge is -2.28. The van der Waals surface area contributed by atoms with Gasteiger partial charge in [0, 0.05) is 41.3 Å². The van der Waals surface area contributed by atoms with Gasteiger partial charge in [0.1, 0.15) is 23.7 Å². The molecule has 0 aliphatic carbocycles. The van der Waals surface area contributed by atoms with Crippen LogP contribution in [-0.4, -0.2) is 78.5 Å². The van der Waals surface area contributed by atoms with Gasteiger partial charge >= 0.3 is 5.97 Å². The van der Waals surface area contributed by atoms with Gasteiger partial charge in [-0.3, -0.25) is 14.4 Å². The SMILES string of the molecule is CC(C)(C)OC(=O)c1cc2cc(NC(=O)C(CC(=O)N3CCCCC3)NC(=O)/C=C/c3c(-n4cnnn4)ccc(Cl)c3F)ccc2[nH]1. The molecule has 0 spiro atoms. The third kappa shape index (κ3) is 8.38. The van der Waals surface area contributed by atoms with Crippen molar-refractivity contribution in [1.29, 1.82) is 0 Å². The van der Waals surface area contributed by atoms with E-state index in [0.29, 0.717) is 29.7 Å². The Morgan fingerprint density at radius 3 is 2.57 bits per heavy atom. The van der Waals surface area contributed by atoms with Crippen molar-refractivity contribution in [3.63, 3.8) is 0 Å². The van der Waals surface area contributed by atoms with Gasteiger partial charge in [-0.2, -0.15) is 4.68 Å². The average molecular weight is 665 g/mol. The predicted octanol–water partition coefficient (Wildman–Crippen LogP) is 4.43. The van der Waals surface area contributed by atoms with E-state index >= 15 is 4.39 Å². The first-order valence-electron chi connectivity index (χ1n) is 15.0. The number of aromatic amines is 1. The van der Waals surface area contributed by atoms with Gasteiger partial charge in [-0.25, -0.2) is 9.18 Å². The topological polar surface area (TPSA) is 164 Å². The molecule has 3 heterocycles. The fourth-order valence-electron chi connectivity index (χ4n) is 5.10. The summed E-state index contributed by atoms with van der Waals surface area (Å²) in [5.74, 6) is -2.98. The zero-order chi connectivity index (χ0) is 33.7. The van der Waals surface area contributed by atoms with E-state index in [-0.39, 0.29) is 34.3 Å². The second kappa shape index (κ2) is 14.1. The number of piperidine rings is 1. The van der Waals surface area contributed by atoms with E-state index in [1.165, 1.54) is 29.2 Å². The van der Waals surface area contributed by atoms with Gasteiger partial charge in [-0.15, -0.1) is 5.10 Å². The molecule has 4 aromatic rings. The first-order chi connectivity index (χ1) is 22.4. The number of fused-ring (bicyclic) bond motifs is 1. The fourth-order valence-corrected chi connectivity index (χ4v) is 5.27. The largest absolute Gasteiger partial charge is 0.455 e. The summed E-state index contributed by atoms with van der Waals surface area (Å²) in [6.45, 7) is 6.45. The van der Waals surface area contributed by atoms with Crippen LogP contribution < -0.4 is 10.6 Å². The van der Waals surface area contributed by atoms with Gasteiger partial charge < -0.3 is 25.3 Å². The van der Waals surface area contributed by atoms with Gasteiger partial charge in [0.2, 0.25) is 17.7 Å². The number of H-pyrrole nitrogens is 1. The molecule has 0 bridgehead atoms. The minimum Gasteiger partial charge on any atom is -0.455 e. The Bertz CT molecular complexity index is 1830. The molecule has 246 valence electrons. The highest BCUT2D eigenvalue weighted by Gasteiger charge is 2.27. The predicted molar refractivity (Wildman–Crippen MR) is 172 cm³/mol. The lowest BCUT2D eigenvalue weighted by Crippen LogP contribution is -2.47. The molecule has 2 aromatic heterocycles. The molecule has 1 unspecified atom stereocenters. The van der Waals surface area contributed by atoms with E-state index in [0.717, 1.165) is 25.3 Å². The zero-order valence-electron chi connectivity index (χ0n) is 26.0. The maximum Gasteiger partial charge on any atom is 0.355 e. The Balaban J connectivity index is 1.35. The van der Waals surface area contributed by atoms with Crippen molar-refractivity contribution < 1.29 is 28.3 Å². The molecule has 1 saturated heterocycles. The smallest absolute Gasteiger partial charge is 0.355 e. The van der Waals surface area contributed by atoms with Gasteiger partial charge in [-0.1, -0.05) is 11.6 Å². The van der Waals surface area contributed by atoms with E-state index < -0.39 is 35.2 Å². The average Bonchev–Trinajstić information content (AvgIpc) is 3.71. The Hall–Kier alpha value is -5.11. The molecular formula is C32H34ClFN8O5. The number of carbonyl (C=O) groups excluding carboxylic acids is 4. The Kier molecular flexibility index (Phi) is 9.99. The Morgan fingerprint density at radius 2 is 1.87 bits per heavy atom. The number of amides is 3. The number of aromatic nitrogens is 5. The summed E-state index contributed by atoms with van der Waals surface area (Å²) < 4.78 is 21.6. The van der Waals surface area contributed by atoms with Gasteiger partial charge in [0.25, 0.3) is 0 Å². The summed E-state index contributed by atoms with van der Waals surface area (Å²) in [6.07, 6.45) is 5.93. The van der Waals surface area contributed by atoms with Crippen LogP contribution in [0.4, 0.5) is 10.1 Å². The van der Waals surface area contributed by atoms with Gasteiger partial charge in [-0.05, 0) is 92.9 Å². The summed E-state index contributed by atoms with van der Waals surface area (Å²) in [5, 5.41) is 16.7. The van der Waals surface area contributed by atoms with Crippen LogP contribution in [-0.2, 0) is 19.1 Å². The van der Waals surface area contributed by atoms with Crippen molar-refractivity contribution in [3.8, 4) is 5.69 Å². The number of esters is 1. The number of benzene rings is 2. The van der Waals surface area contributed by atoms with E-state index in [1.807, 2.05) is 0 Å². The molecule has 1 fully saturated rings. The summed E-state index contributed by atoms with van der Waals surface area (Å²) in [5.41, 5.74) is 0.772. The molecule has 1 aliphatic heterocycles. The first kappa shape index (κ1) is 33.3. The van der Waals surface area contributed by atoms with Crippen LogP contribution in [0.25, 0.3) is 22.7 Å². The number of hydrogen-bond donors (Lipinski definition) is 3. The van der Waals surface area contributed by atoms with Crippen LogP contribution in [0.2, 0.25) is 5.02 Å². The number of halogens is 2. The summed E-state index contributed by atoms with van der Waals surface area (Å²) in [7, 11) is 0. The summed E-state index contributed by atoms with van der Waals surface area (Å²) in [4.78, 5) is 57.1. The van der Waals surface area contributed by atoms with Crippen LogP contribution in [0, 0.1) is 5.82 Å². The van der Waals surface area contributed by atoms with Crippen LogP contribution in [0.3, 0.4) is 0 Å². The van der Waals surface area contributed by atoms with E-state index in [4.69, 9.17) is 16.3 Å². The molecule has 13 nitrogen and oxygen atoms in total. The minimum absolute atomic E-state index is 0.0594. The standard InChI is InChI=1S/C32H34ClFN8O5/c1-32(2,3)47-31(46)25-16-19-15-20(7-10-23(19)37-25)36-30(45)24(17-28(44)41-13-5-4-6-14-41)38-27(43)12-8-21-26(42-18-35-39-40-42)11-9-22(33)29(21)34/h7-12,15-16,18,24,37H,4-6,13-14,17H2,1-3H3,(H,36,45)(H,38,43)/b12-8+. The molecule has 15 heteroatoms. The lowest BCUT2D eigenvalue weighted by atomic mass is 10.1. The van der Waals surface area contributed by atoms with Gasteiger partial charge in [0.05, 0.1) is 17.1 Å². The molecule has 3 amide bonds. The van der Waals surface area contributed by atoms with Crippen molar-refractivity contribution in [2.24, 2.45) is 0 Å². The maximum atomic E-state index is 15.0. The molecule has 0 radical (unpaired) electrons. The number of nitrogens with one attached hydrogen (secondary N) is 3. The summed E-state index contributed by atoms with van der Waals surface area (Å²) >= 11 is 5.98. The van der Waals surface area contributed by atoms with Crippen LogP contribution >= 0.6 is 11.6 Å². The highest BCUT2D eigenvalue weighted by Crippen LogP contribution is 2.26. The van der Waals surface area contributed by atoms with Crippen molar-refractivity contribution in [1.82, 2.24) is 35.4 Å². The second-order valence-electron chi connectivity index (χ2n) is 12.1. The second-order valence-corrected chi connectivity index (χ2v) is 12.5. The number of likely N-dealkylation sites (tertiary alicyclic amines) is 1. The number of tetrazole rings is 1. The molecular weight excluding hydrogens is 631 g/mol. The molecule has 1 atom stereocenters. The molecule has 47 heavy (non-hydrogen) atoms. The van der Waals surface area contributed by atoms with Crippen LogP contribution in [0.1, 0.15) is 62.5 Å². The molecule has 1 aliphatic rings. The fraction of sp³-hybridized carbons (Fsp3) is 0.344. The number of hydrogen-bond acceptors (Lipinski definition) is 8. The van der Waals surface area contributed by atoms with Crippen molar-refractivity contribution in [2.45, 2.75) is 58.1 Å². The lowest BCUT2D eigenvalue weighted by molar-refractivity contribution is -0.135. The third-order valence-electron chi connectivity index (χ3n) is 7.33. The Morgan fingerprint density at radius 1 is 1.11 bits per heavy atom. The molecule has 5 rings (SSSR count). The quantitative estimate of drug-likeness (QED) is 0.175. The number of rotatable bonds is 9. The minimum atomic E-state index is -1.26.